The Hall–Kier alpha value is -1.47. The number of phenolic OH excluding ortho intramolecular Hbond substituents is 1. The fourth-order valence-corrected chi connectivity index (χ4v) is 5.67. The van der Waals surface area contributed by atoms with Crippen LogP contribution >= 0.6 is 25.3 Å². The van der Waals surface area contributed by atoms with Crippen molar-refractivity contribution in [3.05, 3.63) is 35.9 Å². The summed E-state index contributed by atoms with van der Waals surface area (Å²) in [6.45, 7) is 17.5. The number of aromatic hydroxyl groups is 1. The van der Waals surface area contributed by atoms with Gasteiger partial charge in [0.15, 0.2) is 5.82 Å². The van der Waals surface area contributed by atoms with E-state index in [1.165, 1.54) is 51.4 Å². The maximum atomic E-state index is 10.9. The van der Waals surface area contributed by atoms with Gasteiger partial charge in [0.25, 0.3) is 0 Å². The summed E-state index contributed by atoms with van der Waals surface area (Å²) < 4.78 is -0.553. The third-order valence-corrected chi connectivity index (χ3v) is 9.35. The van der Waals surface area contributed by atoms with Crippen LogP contribution in [0.2, 0.25) is 0 Å². The van der Waals surface area contributed by atoms with Gasteiger partial charge in [0.05, 0.1) is 15.7 Å². The predicted octanol–water partition coefficient (Wildman–Crippen LogP) is 10.4. The van der Waals surface area contributed by atoms with Gasteiger partial charge in [0, 0.05) is 5.54 Å². The summed E-state index contributed by atoms with van der Waals surface area (Å²) in [7, 11) is 0. The van der Waals surface area contributed by atoms with Gasteiger partial charge in [-0.05, 0) is 51.2 Å². The highest BCUT2D eigenvalue weighted by Crippen LogP contribution is 2.48. The molecule has 5 nitrogen and oxygen atoms in total. The smallest absolute Gasteiger partial charge is 0.234 e. The second-order valence-corrected chi connectivity index (χ2v) is 14.7. The molecule has 2 rings (SSSR count). The number of thiol groups is 2. The van der Waals surface area contributed by atoms with Gasteiger partial charge in [-0.1, -0.05) is 111 Å². The molecule has 0 fully saturated rings. The first-order valence-electron chi connectivity index (χ1n) is 15.5. The summed E-state index contributed by atoms with van der Waals surface area (Å²) in [6.07, 6.45) is 13.8. The highest BCUT2D eigenvalue weighted by Gasteiger charge is 2.44. The minimum absolute atomic E-state index is 0.101. The zero-order chi connectivity index (χ0) is 30.0. The Morgan fingerprint density at radius 3 is 1.93 bits per heavy atom. The second kappa shape index (κ2) is 15.7. The van der Waals surface area contributed by atoms with E-state index in [9.17, 15) is 5.11 Å². The lowest BCUT2D eigenvalue weighted by atomic mass is 9.76. The summed E-state index contributed by atoms with van der Waals surface area (Å²) in [6, 6.07) is 7.40. The van der Waals surface area contributed by atoms with Crippen LogP contribution in [0, 0.1) is 5.41 Å². The first-order valence-corrected chi connectivity index (χ1v) is 16.5. The Balaban J connectivity index is 2.63. The monoisotopic (exact) mass is 588 g/mol. The van der Waals surface area contributed by atoms with Crippen molar-refractivity contribution in [2.24, 2.45) is 5.41 Å². The molecule has 0 saturated carbocycles. The summed E-state index contributed by atoms with van der Waals surface area (Å²) >= 11 is 10.4. The van der Waals surface area contributed by atoms with Crippen LogP contribution < -0.4 is 4.90 Å². The van der Waals surface area contributed by atoms with E-state index in [1.807, 2.05) is 23.1 Å². The Bertz CT molecular complexity index is 1030. The number of nitrogens with zero attached hydrogens (tertiary/aromatic N) is 4. The maximum absolute atomic E-state index is 10.9. The minimum atomic E-state index is -0.553. The number of rotatable bonds is 16. The summed E-state index contributed by atoms with van der Waals surface area (Å²) in [5.41, 5.74) is 0.0838. The van der Waals surface area contributed by atoms with Crippen LogP contribution in [0.4, 0.5) is 11.6 Å². The van der Waals surface area contributed by atoms with Crippen LogP contribution in [-0.2, 0) is 4.75 Å². The Kier molecular flexibility index (Phi) is 13.6. The molecule has 1 aromatic carbocycles. The Morgan fingerprint density at radius 1 is 0.800 bits per heavy atom. The molecule has 1 N–H and O–H groups in total. The number of hydrogen-bond acceptors (Lipinski definition) is 7. The standard InChI is InChI=1S/C33H56N4OS2/c1-9-11-13-15-17-23-27(39)28-34-29(33(40,31(3,4)5)24-20-16-14-12-10-2)36-30(35-28)37(32(6,7)8)25-21-18-19-22-26(25)38/h18-19,21-22,27,38-40H,9-17,20,23-24H2,1-8H3. The molecule has 0 radical (unpaired) electrons. The van der Waals surface area contributed by atoms with Crippen LogP contribution in [-0.4, -0.2) is 25.6 Å². The molecule has 40 heavy (non-hydrogen) atoms. The Morgan fingerprint density at radius 2 is 1.38 bits per heavy atom. The van der Waals surface area contributed by atoms with Crippen molar-refractivity contribution < 1.29 is 5.11 Å². The van der Waals surface area contributed by atoms with Crippen LogP contribution in [0.3, 0.4) is 0 Å². The topological polar surface area (TPSA) is 62.1 Å². The van der Waals surface area contributed by atoms with E-state index in [0.717, 1.165) is 25.7 Å². The molecule has 1 aromatic heterocycles. The normalized spacial score (nSPS) is 14.7. The van der Waals surface area contributed by atoms with Gasteiger partial charge in [-0.2, -0.15) is 35.2 Å². The fraction of sp³-hybridized carbons (Fsp3) is 0.727. The summed E-state index contributed by atoms with van der Waals surface area (Å²) in [5.74, 6) is 2.13. The van der Waals surface area contributed by atoms with Crippen LogP contribution in [0.5, 0.6) is 5.75 Å². The van der Waals surface area contributed by atoms with E-state index in [-0.39, 0.29) is 16.4 Å². The van der Waals surface area contributed by atoms with Crippen molar-refractivity contribution in [2.75, 3.05) is 4.90 Å². The van der Waals surface area contributed by atoms with E-state index < -0.39 is 10.3 Å². The zero-order valence-electron chi connectivity index (χ0n) is 26.5. The molecule has 0 bridgehead atoms. The van der Waals surface area contributed by atoms with Gasteiger partial charge >= 0.3 is 0 Å². The number of para-hydroxylation sites is 2. The molecule has 0 amide bonds. The Labute approximate surface area is 256 Å². The largest absolute Gasteiger partial charge is 0.506 e. The van der Waals surface area contributed by atoms with Gasteiger partial charge in [-0.25, -0.2) is 4.98 Å². The molecular weight excluding hydrogens is 533 g/mol. The molecule has 0 aliphatic rings. The first kappa shape index (κ1) is 34.7. The lowest BCUT2D eigenvalue weighted by Crippen LogP contribution is -2.41. The lowest BCUT2D eigenvalue weighted by molar-refractivity contribution is 0.251. The molecular formula is C33H56N4OS2. The van der Waals surface area contributed by atoms with Gasteiger partial charge in [0.1, 0.15) is 11.6 Å². The maximum Gasteiger partial charge on any atom is 0.234 e. The van der Waals surface area contributed by atoms with Crippen LogP contribution in [0.15, 0.2) is 24.3 Å². The van der Waals surface area contributed by atoms with E-state index in [2.05, 4.69) is 55.4 Å². The van der Waals surface area contributed by atoms with Crippen LogP contribution in [0.25, 0.3) is 0 Å². The highest BCUT2D eigenvalue weighted by atomic mass is 32.1. The van der Waals surface area contributed by atoms with Crippen molar-refractivity contribution in [2.45, 2.75) is 148 Å². The SMILES string of the molecule is CCCCCCCC(S)c1nc(N(c2ccccc2O)C(C)(C)C)nc(C(S)(CCCCCCC)C(C)(C)C)n1. The van der Waals surface area contributed by atoms with E-state index in [0.29, 0.717) is 23.3 Å². The van der Waals surface area contributed by atoms with Gasteiger partial charge in [-0.3, -0.25) is 0 Å². The molecule has 0 saturated heterocycles. The van der Waals surface area contributed by atoms with Gasteiger partial charge in [-0.15, -0.1) is 0 Å². The van der Waals surface area contributed by atoms with Crippen LogP contribution in [0.1, 0.15) is 149 Å². The zero-order valence-corrected chi connectivity index (χ0v) is 28.3. The van der Waals surface area contributed by atoms with Gasteiger partial charge < -0.3 is 10.0 Å². The van der Waals surface area contributed by atoms with Crippen molar-refractivity contribution >= 4 is 36.9 Å². The molecule has 0 aliphatic heterocycles. The van der Waals surface area contributed by atoms with E-state index in [1.54, 1.807) is 6.07 Å². The molecule has 1 heterocycles. The highest BCUT2D eigenvalue weighted by molar-refractivity contribution is 7.81. The van der Waals surface area contributed by atoms with Gasteiger partial charge in [0.2, 0.25) is 5.95 Å². The number of aromatic nitrogens is 3. The number of phenols is 1. The number of benzene rings is 1. The molecule has 0 aliphatic carbocycles. The van der Waals surface area contributed by atoms with Crippen molar-refractivity contribution in [1.82, 2.24) is 15.0 Å². The van der Waals surface area contributed by atoms with E-state index >= 15 is 0 Å². The molecule has 2 unspecified atom stereocenters. The molecule has 2 aromatic rings. The fourth-order valence-electron chi connectivity index (χ4n) is 5.11. The molecule has 7 heteroatoms. The summed E-state index contributed by atoms with van der Waals surface area (Å²) in [4.78, 5) is 17.3. The average molecular weight is 589 g/mol. The molecule has 2 atom stereocenters. The quantitative estimate of drug-likeness (QED) is 0.134. The van der Waals surface area contributed by atoms with Crippen molar-refractivity contribution in [3.63, 3.8) is 0 Å². The molecule has 0 spiro atoms. The second-order valence-electron chi connectivity index (χ2n) is 13.3. The number of unbranched alkanes of at least 4 members (excludes halogenated alkanes) is 8. The third-order valence-electron chi connectivity index (χ3n) is 7.77. The number of anilines is 2. The summed E-state index contributed by atoms with van der Waals surface area (Å²) in [5, 5.41) is 10.8. The van der Waals surface area contributed by atoms with Crippen molar-refractivity contribution in [1.29, 1.82) is 0 Å². The first-order chi connectivity index (χ1) is 18.8. The average Bonchev–Trinajstić information content (AvgIpc) is 2.88. The third kappa shape index (κ3) is 9.54. The lowest BCUT2D eigenvalue weighted by Gasteiger charge is -2.41. The predicted molar refractivity (Wildman–Crippen MR) is 178 cm³/mol. The number of hydrogen-bond donors (Lipinski definition) is 3. The van der Waals surface area contributed by atoms with Crippen molar-refractivity contribution in [3.8, 4) is 5.75 Å². The molecule has 226 valence electrons. The van der Waals surface area contributed by atoms with E-state index in [4.69, 9.17) is 40.2 Å². The minimum Gasteiger partial charge on any atom is -0.506 e.